The number of hydrogen-bond donors (Lipinski definition) is 0. The third kappa shape index (κ3) is 0.863. The average molecular weight is 99.2 g/mol. The summed E-state index contributed by atoms with van der Waals surface area (Å²) < 4.78 is 0. The van der Waals surface area contributed by atoms with Crippen LogP contribution in [0.15, 0.2) is 17.3 Å². The van der Waals surface area contributed by atoms with E-state index >= 15 is 0 Å². The fourth-order valence-corrected chi connectivity index (χ4v) is 0.720. The fourth-order valence-electron chi connectivity index (χ4n) is 0.281. The minimum atomic E-state index is 1.09. The quantitative estimate of drug-likeness (QED) is 0.445. The van der Waals surface area contributed by atoms with Gasteiger partial charge < -0.3 is 0 Å². The second kappa shape index (κ2) is 2.03. The van der Waals surface area contributed by atoms with Crippen molar-refractivity contribution in [1.82, 2.24) is 0 Å². The van der Waals surface area contributed by atoms with Gasteiger partial charge in [0.25, 0.3) is 0 Å². The molecule has 0 fully saturated rings. The van der Waals surface area contributed by atoms with Gasteiger partial charge in [-0.3, -0.25) is 4.99 Å². The van der Waals surface area contributed by atoms with Crippen LogP contribution < -0.4 is 0 Å². The first kappa shape index (κ1) is 3.93. The molecule has 0 N–H and O–H groups in total. The molecule has 0 bridgehead atoms. The Bertz CT molecular complexity index is 73.5. The first-order chi connectivity index (χ1) is 3.00. The minimum absolute atomic E-state index is 1.09. The predicted molar refractivity (Wildman–Crippen MR) is 30.1 cm³/mol. The van der Waals surface area contributed by atoms with Crippen molar-refractivity contribution >= 4 is 17.3 Å². The van der Waals surface area contributed by atoms with Gasteiger partial charge in [-0.05, 0) is 0 Å². The number of thioether (sulfide) groups is 1. The van der Waals surface area contributed by atoms with Crippen LogP contribution in [0.3, 0.4) is 0 Å². The average Bonchev–Trinajstić information content (AvgIpc) is 1.72. The van der Waals surface area contributed by atoms with Crippen molar-refractivity contribution in [1.29, 1.82) is 0 Å². The van der Waals surface area contributed by atoms with Crippen LogP contribution >= 0.6 is 11.8 Å². The van der Waals surface area contributed by atoms with Crippen molar-refractivity contribution in [2.75, 3.05) is 5.75 Å². The van der Waals surface area contributed by atoms with Crippen LogP contribution in [-0.4, -0.2) is 11.3 Å². The number of nitrogens with zero attached hydrogens (tertiary/aromatic N) is 1. The summed E-state index contributed by atoms with van der Waals surface area (Å²) in [6, 6.07) is 0. The van der Waals surface area contributed by atoms with Gasteiger partial charge in [0.1, 0.15) is 0 Å². The van der Waals surface area contributed by atoms with E-state index in [-0.39, 0.29) is 0 Å². The molecule has 0 amide bonds. The molecule has 1 nitrogen and oxygen atoms in total. The molecule has 1 aliphatic heterocycles. The highest BCUT2D eigenvalue weighted by Crippen LogP contribution is 1.99. The van der Waals surface area contributed by atoms with Crippen LogP contribution in [0.2, 0.25) is 0 Å². The van der Waals surface area contributed by atoms with E-state index in [0.717, 1.165) is 5.75 Å². The summed E-state index contributed by atoms with van der Waals surface area (Å²) in [6.45, 7) is 0. The van der Waals surface area contributed by atoms with E-state index < -0.39 is 0 Å². The molecule has 0 unspecified atom stereocenters. The maximum absolute atomic E-state index is 3.83. The van der Waals surface area contributed by atoms with E-state index in [9.17, 15) is 0 Å². The van der Waals surface area contributed by atoms with Crippen molar-refractivity contribution in [3.8, 4) is 0 Å². The molecule has 1 rings (SSSR count). The second-order valence-corrected chi connectivity index (χ2v) is 1.85. The lowest BCUT2D eigenvalue weighted by molar-refractivity contribution is 1.55. The molecule has 6 heavy (non-hydrogen) atoms. The lowest BCUT2D eigenvalue weighted by Crippen LogP contribution is -1.73. The summed E-state index contributed by atoms with van der Waals surface area (Å²) in [7, 11) is 0. The molecule has 0 saturated heterocycles. The largest absolute Gasteiger partial charge is 0.258 e. The lowest BCUT2D eigenvalue weighted by atomic mass is 10.7. The first-order valence-electron chi connectivity index (χ1n) is 1.78. The topological polar surface area (TPSA) is 12.4 Å². The van der Waals surface area contributed by atoms with Gasteiger partial charge in [-0.1, -0.05) is 6.08 Å². The van der Waals surface area contributed by atoms with Crippen LogP contribution in [0.5, 0.6) is 0 Å². The zero-order valence-corrected chi connectivity index (χ0v) is 4.11. The standard InChI is InChI=1S/C4H5NS/c1-2-5-4-6-3-1/h1-2,4H,3H2. The Morgan fingerprint density at radius 2 is 2.67 bits per heavy atom. The molecule has 1 aliphatic rings. The van der Waals surface area contributed by atoms with Crippen LogP contribution in [0, 0.1) is 0 Å². The van der Waals surface area contributed by atoms with Crippen molar-refractivity contribution in [2.45, 2.75) is 0 Å². The lowest BCUT2D eigenvalue weighted by Gasteiger charge is -1.87. The van der Waals surface area contributed by atoms with E-state index in [1.165, 1.54) is 0 Å². The van der Waals surface area contributed by atoms with Gasteiger partial charge in [-0.15, -0.1) is 11.8 Å². The van der Waals surface area contributed by atoms with Crippen LogP contribution in [-0.2, 0) is 0 Å². The zero-order chi connectivity index (χ0) is 4.24. The normalized spacial score (nSPS) is 18.7. The minimum Gasteiger partial charge on any atom is -0.258 e. The van der Waals surface area contributed by atoms with Gasteiger partial charge in [0.15, 0.2) is 0 Å². The second-order valence-electron chi connectivity index (χ2n) is 0.973. The van der Waals surface area contributed by atoms with Crippen molar-refractivity contribution in [3.63, 3.8) is 0 Å². The monoisotopic (exact) mass is 99.0 g/mol. The summed E-state index contributed by atoms with van der Waals surface area (Å²) >= 11 is 1.72. The van der Waals surface area contributed by atoms with Crippen molar-refractivity contribution in [2.24, 2.45) is 4.99 Å². The molecule has 0 radical (unpaired) electrons. The Balaban J connectivity index is 2.46. The molecule has 0 spiro atoms. The predicted octanol–water partition coefficient (Wildman–Crippen LogP) is 1.28. The Morgan fingerprint density at radius 3 is 2.83 bits per heavy atom. The van der Waals surface area contributed by atoms with Gasteiger partial charge >= 0.3 is 0 Å². The SMILES string of the molecule is C1=CN=CSC1. The highest BCUT2D eigenvalue weighted by atomic mass is 32.2. The maximum atomic E-state index is 3.83. The fraction of sp³-hybridized carbons (Fsp3) is 0.250. The maximum Gasteiger partial charge on any atom is 0.0599 e. The molecule has 0 saturated carbocycles. The summed E-state index contributed by atoms with van der Waals surface area (Å²) in [5.41, 5.74) is 1.85. The molecule has 32 valence electrons. The number of aliphatic imine (C=N–C) groups is 1. The molecule has 0 atom stereocenters. The molecule has 0 aromatic heterocycles. The Hall–Kier alpha value is -0.240. The van der Waals surface area contributed by atoms with Crippen molar-refractivity contribution in [3.05, 3.63) is 12.3 Å². The van der Waals surface area contributed by atoms with Crippen LogP contribution in [0.25, 0.3) is 0 Å². The Morgan fingerprint density at radius 1 is 1.67 bits per heavy atom. The Labute approximate surface area is 41.2 Å². The van der Waals surface area contributed by atoms with E-state index in [1.54, 1.807) is 11.8 Å². The third-order valence-corrected chi connectivity index (χ3v) is 1.18. The molecule has 0 aromatic carbocycles. The zero-order valence-electron chi connectivity index (χ0n) is 3.29. The molecular weight excluding hydrogens is 94.1 g/mol. The molecule has 2 heteroatoms. The molecule has 0 aliphatic carbocycles. The van der Waals surface area contributed by atoms with Gasteiger partial charge in [0.2, 0.25) is 0 Å². The van der Waals surface area contributed by atoms with E-state index in [1.807, 2.05) is 17.8 Å². The van der Waals surface area contributed by atoms with E-state index in [0.29, 0.717) is 0 Å². The number of rotatable bonds is 0. The number of hydrogen-bond acceptors (Lipinski definition) is 2. The van der Waals surface area contributed by atoms with Crippen LogP contribution in [0.1, 0.15) is 0 Å². The summed E-state index contributed by atoms with van der Waals surface area (Å²) in [5.74, 6) is 1.09. The van der Waals surface area contributed by atoms with Crippen LogP contribution in [0.4, 0.5) is 0 Å². The molecule has 0 aromatic rings. The van der Waals surface area contributed by atoms with Gasteiger partial charge in [-0.2, -0.15) is 0 Å². The summed E-state index contributed by atoms with van der Waals surface area (Å²) in [4.78, 5) is 3.83. The summed E-state index contributed by atoms with van der Waals surface area (Å²) in [6.07, 6.45) is 3.85. The van der Waals surface area contributed by atoms with Gasteiger partial charge in [-0.25, -0.2) is 0 Å². The van der Waals surface area contributed by atoms with E-state index in [2.05, 4.69) is 4.99 Å². The van der Waals surface area contributed by atoms with Gasteiger partial charge in [0.05, 0.1) is 5.55 Å². The highest BCUT2D eigenvalue weighted by Gasteiger charge is 1.78. The van der Waals surface area contributed by atoms with Crippen molar-refractivity contribution < 1.29 is 0 Å². The Kier molecular flexibility index (Phi) is 1.33. The van der Waals surface area contributed by atoms with Gasteiger partial charge in [0, 0.05) is 12.0 Å². The van der Waals surface area contributed by atoms with E-state index in [4.69, 9.17) is 0 Å². The smallest absolute Gasteiger partial charge is 0.0599 e. The molecule has 1 heterocycles. The first-order valence-corrected chi connectivity index (χ1v) is 2.83. The summed E-state index contributed by atoms with van der Waals surface area (Å²) in [5, 5.41) is 0. The molecular formula is C4H5NS. The third-order valence-electron chi connectivity index (χ3n) is 0.519. The highest BCUT2D eigenvalue weighted by molar-refractivity contribution is 8.12.